The van der Waals surface area contributed by atoms with Crippen LogP contribution in [0.1, 0.15) is 53.1 Å². The summed E-state index contributed by atoms with van der Waals surface area (Å²) in [5.74, 6) is 1.92. The van der Waals surface area contributed by atoms with E-state index in [0.717, 1.165) is 17.1 Å². The SMILES string of the molecule is CCOc1ccc(C(C)NC(=NC)NCC(=O)NC(C)(C)C)cc1OCC.I. The predicted octanol–water partition coefficient (Wildman–Crippen LogP) is 3.24. The van der Waals surface area contributed by atoms with E-state index in [0.29, 0.717) is 19.2 Å². The smallest absolute Gasteiger partial charge is 0.239 e. The van der Waals surface area contributed by atoms with E-state index in [1.165, 1.54) is 0 Å². The number of carbonyl (C=O) groups excluding carboxylic acids is 1. The number of halogens is 1. The molecule has 0 saturated heterocycles. The number of benzene rings is 1. The van der Waals surface area contributed by atoms with Crippen molar-refractivity contribution in [2.75, 3.05) is 26.8 Å². The Kier molecular flexibility index (Phi) is 11.9. The minimum Gasteiger partial charge on any atom is -0.490 e. The fraction of sp³-hybridized carbons (Fsp3) is 0.600. The topological polar surface area (TPSA) is 84.0 Å². The largest absolute Gasteiger partial charge is 0.490 e. The van der Waals surface area contributed by atoms with Crippen LogP contribution in [-0.4, -0.2) is 44.2 Å². The first-order valence-corrected chi connectivity index (χ1v) is 9.37. The molecule has 0 saturated carbocycles. The number of hydrogen-bond acceptors (Lipinski definition) is 4. The van der Waals surface area contributed by atoms with Gasteiger partial charge in [0.2, 0.25) is 5.91 Å². The van der Waals surface area contributed by atoms with Gasteiger partial charge in [-0.15, -0.1) is 24.0 Å². The summed E-state index contributed by atoms with van der Waals surface area (Å²) in [6, 6.07) is 5.84. The summed E-state index contributed by atoms with van der Waals surface area (Å²) in [5, 5.41) is 9.23. The molecule has 1 aromatic carbocycles. The number of nitrogens with one attached hydrogen (secondary N) is 3. The van der Waals surface area contributed by atoms with Crippen molar-refractivity contribution in [1.29, 1.82) is 0 Å². The first-order valence-electron chi connectivity index (χ1n) is 9.37. The fourth-order valence-electron chi connectivity index (χ4n) is 2.45. The van der Waals surface area contributed by atoms with E-state index in [1.54, 1.807) is 7.05 Å². The van der Waals surface area contributed by atoms with Crippen LogP contribution in [0.15, 0.2) is 23.2 Å². The molecule has 0 aliphatic rings. The van der Waals surface area contributed by atoms with Gasteiger partial charge < -0.3 is 25.4 Å². The Bertz CT molecular complexity index is 645. The maximum absolute atomic E-state index is 12.0. The van der Waals surface area contributed by atoms with Crippen LogP contribution < -0.4 is 25.4 Å². The number of rotatable bonds is 8. The molecule has 8 heteroatoms. The van der Waals surface area contributed by atoms with Crippen molar-refractivity contribution in [3.8, 4) is 11.5 Å². The number of ether oxygens (including phenoxy) is 2. The molecule has 1 rings (SSSR count). The molecule has 0 aromatic heterocycles. The third kappa shape index (κ3) is 9.48. The molecule has 3 N–H and O–H groups in total. The van der Waals surface area contributed by atoms with Gasteiger partial charge in [0.15, 0.2) is 17.5 Å². The number of hydrogen-bond donors (Lipinski definition) is 3. The molecule has 1 atom stereocenters. The Morgan fingerprint density at radius 2 is 1.75 bits per heavy atom. The van der Waals surface area contributed by atoms with Crippen LogP contribution in [0.4, 0.5) is 0 Å². The second-order valence-electron chi connectivity index (χ2n) is 7.16. The van der Waals surface area contributed by atoms with Gasteiger partial charge in [-0.05, 0) is 59.2 Å². The van der Waals surface area contributed by atoms with E-state index >= 15 is 0 Å². The van der Waals surface area contributed by atoms with Crippen LogP contribution >= 0.6 is 24.0 Å². The Morgan fingerprint density at radius 1 is 1.14 bits per heavy atom. The van der Waals surface area contributed by atoms with Crippen molar-refractivity contribution in [2.45, 2.75) is 53.1 Å². The van der Waals surface area contributed by atoms with Crippen molar-refractivity contribution in [3.05, 3.63) is 23.8 Å². The Hall–Kier alpha value is -1.71. The zero-order valence-electron chi connectivity index (χ0n) is 18.0. The fourth-order valence-corrected chi connectivity index (χ4v) is 2.45. The van der Waals surface area contributed by atoms with E-state index in [4.69, 9.17) is 9.47 Å². The molecule has 0 aliphatic carbocycles. The second kappa shape index (κ2) is 12.7. The maximum Gasteiger partial charge on any atom is 0.239 e. The van der Waals surface area contributed by atoms with Crippen molar-refractivity contribution in [2.24, 2.45) is 4.99 Å². The van der Waals surface area contributed by atoms with Crippen molar-refractivity contribution >= 4 is 35.8 Å². The van der Waals surface area contributed by atoms with E-state index in [1.807, 2.05) is 59.7 Å². The third-order valence-electron chi connectivity index (χ3n) is 3.58. The molecule has 1 amide bonds. The van der Waals surface area contributed by atoms with Crippen molar-refractivity contribution < 1.29 is 14.3 Å². The molecule has 160 valence electrons. The molecule has 0 spiro atoms. The van der Waals surface area contributed by atoms with Crippen LogP contribution in [0.25, 0.3) is 0 Å². The number of nitrogens with zero attached hydrogens (tertiary/aromatic N) is 1. The van der Waals surface area contributed by atoms with Gasteiger partial charge in [0.25, 0.3) is 0 Å². The molecular weight excluding hydrogens is 471 g/mol. The molecule has 0 aliphatic heterocycles. The summed E-state index contributed by atoms with van der Waals surface area (Å²) in [5.41, 5.74) is 0.769. The molecule has 0 bridgehead atoms. The van der Waals surface area contributed by atoms with E-state index in [2.05, 4.69) is 20.9 Å². The monoisotopic (exact) mass is 506 g/mol. The minimum absolute atomic E-state index is 0. The molecular formula is C20H35IN4O3. The van der Waals surface area contributed by atoms with Gasteiger partial charge in [0.05, 0.1) is 25.8 Å². The third-order valence-corrected chi connectivity index (χ3v) is 3.58. The average molecular weight is 506 g/mol. The second-order valence-corrected chi connectivity index (χ2v) is 7.16. The highest BCUT2D eigenvalue weighted by molar-refractivity contribution is 14.0. The molecule has 1 aromatic rings. The summed E-state index contributed by atoms with van der Waals surface area (Å²) in [4.78, 5) is 16.1. The summed E-state index contributed by atoms with van der Waals surface area (Å²) in [7, 11) is 1.67. The van der Waals surface area contributed by atoms with Gasteiger partial charge in [0, 0.05) is 12.6 Å². The minimum atomic E-state index is -0.263. The van der Waals surface area contributed by atoms with E-state index < -0.39 is 0 Å². The van der Waals surface area contributed by atoms with Crippen molar-refractivity contribution in [3.63, 3.8) is 0 Å². The highest BCUT2D eigenvalue weighted by atomic mass is 127. The van der Waals surface area contributed by atoms with Gasteiger partial charge >= 0.3 is 0 Å². The predicted molar refractivity (Wildman–Crippen MR) is 125 cm³/mol. The zero-order valence-corrected chi connectivity index (χ0v) is 20.3. The Morgan fingerprint density at radius 3 is 2.29 bits per heavy atom. The zero-order chi connectivity index (χ0) is 20.4. The van der Waals surface area contributed by atoms with Gasteiger partial charge in [-0.25, -0.2) is 0 Å². The lowest BCUT2D eigenvalue weighted by Gasteiger charge is -2.22. The van der Waals surface area contributed by atoms with Gasteiger partial charge in [-0.2, -0.15) is 0 Å². The summed E-state index contributed by atoms with van der Waals surface area (Å²) in [6.07, 6.45) is 0. The number of amides is 1. The first kappa shape index (κ1) is 26.3. The first-order chi connectivity index (χ1) is 12.7. The summed E-state index contributed by atoms with van der Waals surface area (Å²) < 4.78 is 11.3. The van der Waals surface area contributed by atoms with E-state index in [-0.39, 0.29) is 48.0 Å². The van der Waals surface area contributed by atoms with E-state index in [9.17, 15) is 4.79 Å². The lowest BCUT2D eigenvalue weighted by molar-refractivity contribution is -0.121. The standard InChI is InChI=1S/C20H34N4O3.HI/c1-8-26-16-11-10-15(12-17(16)27-9-2)14(3)23-19(21-7)22-13-18(25)24-20(4,5)6;/h10-12,14H,8-9,13H2,1-7H3,(H,24,25)(H2,21,22,23);1H. The maximum atomic E-state index is 12.0. The lowest BCUT2D eigenvalue weighted by atomic mass is 10.1. The van der Waals surface area contributed by atoms with Crippen molar-refractivity contribution in [1.82, 2.24) is 16.0 Å². The van der Waals surface area contributed by atoms with Crippen LogP contribution in [0.2, 0.25) is 0 Å². The molecule has 1 unspecified atom stereocenters. The van der Waals surface area contributed by atoms with Gasteiger partial charge in [-0.1, -0.05) is 6.07 Å². The Balaban J connectivity index is 0.00000729. The molecule has 28 heavy (non-hydrogen) atoms. The van der Waals surface area contributed by atoms with Gasteiger partial charge in [0.1, 0.15) is 0 Å². The lowest BCUT2D eigenvalue weighted by Crippen LogP contribution is -2.48. The Labute approximate surface area is 186 Å². The molecule has 0 fully saturated rings. The molecule has 7 nitrogen and oxygen atoms in total. The highest BCUT2D eigenvalue weighted by Crippen LogP contribution is 2.30. The molecule has 0 radical (unpaired) electrons. The quantitative estimate of drug-likeness (QED) is 0.287. The normalized spacial score (nSPS) is 12.5. The summed E-state index contributed by atoms with van der Waals surface area (Å²) >= 11 is 0. The molecule has 0 heterocycles. The van der Waals surface area contributed by atoms with Gasteiger partial charge in [-0.3, -0.25) is 9.79 Å². The highest BCUT2D eigenvalue weighted by Gasteiger charge is 2.15. The van der Waals surface area contributed by atoms with Crippen LogP contribution in [-0.2, 0) is 4.79 Å². The number of carbonyl (C=O) groups is 1. The average Bonchev–Trinajstić information content (AvgIpc) is 2.58. The van der Waals surface area contributed by atoms with Crippen LogP contribution in [0.5, 0.6) is 11.5 Å². The number of aliphatic imine (C=N–C) groups is 1. The summed E-state index contributed by atoms with van der Waals surface area (Å²) in [6.45, 7) is 13.0. The number of guanidine groups is 1. The van der Waals surface area contributed by atoms with Crippen LogP contribution in [0.3, 0.4) is 0 Å². The van der Waals surface area contributed by atoms with Crippen LogP contribution in [0, 0.1) is 0 Å².